The Labute approximate surface area is 143 Å². The van der Waals surface area contributed by atoms with Gasteiger partial charge < -0.3 is 4.98 Å². The average Bonchev–Trinajstić information content (AvgIpc) is 3.25. The van der Waals surface area contributed by atoms with Gasteiger partial charge in [-0.1, -0.05) is 0 Å². The molecule has 0 saturated carbocycles. The molecule has 0 aliphatic rings. The van der Waals surface area contributed by atoms with Gasteiger partial charge in [-0.15, -0.1) is 0 Å². The van der Waals surface area contributed by atoms with Crippen LogP contribution in [0.2, 0.25) is 0 Å². The molecule has 0 fully saturated rings. The van der Waals surface area contributed by atoms with Crippen molar-refractivity contribution in [1.29, 1.82) is 0 Å². The summed E-state index contributed by atoms with van der Waals surface area (Å²) in [5, 5.41) is 5.20. The normalized spacial score (nSPS) is 11.3. The highest BCUT2D eigenvalue weighted by Crippen LogP contribution is 2.25. The Morgan fingerprint density at radius 2 is 2.00 bits per heavy atom. The van der Waals surface area contributed by atoms with Crippen molar-refractivity contribution in [1.82, 2.24) is 29.7 Å². The molecule has 0 aromatic carbocycles. The molecule has 0 atom stereocenters. The Balaban J connectivity index is 1.73. The number of rotatable bonds is 4. The van der Waals surface area contributed by atoms with Crippen molar-refractivity contribution >= 4 is 11.0 Å². The van der Waals surface area contributed by atoms with E-state index in [1.165, 1.54) is 6.33 Å². The Hall–Kier alpha value is -3.09. The highest BCUT2D eigenvalue weighted by atomic mass is 19.1. The number of nitrogens with one attached hydrogen (secondary N) is 1. The van der Waals surface area contributed by atoms with Gasteiger partial charge in [0.25, 0.3) is 0 Å². The van der Waals surface area contributed by atoms with Crippen LogP contribution < -0.4 is 0 Å². The Bertz CT molecular complexity index is 1050. The SMILES string of the molecule is CCn1cc(-c2cnc(F)c(Cc3c[nH]c4ncnc(C)c34)c2)cn1. The minimum absolute atomic E-state index is 0.419. The van der Waals surface area contributed by atoms with Crippen LogP contribution in [0.5, 0.6) is 0 Å². The average molecular weight is 336 g/mol. The summed E-state index contributed by atoms with van der Waals surface area (Å²) in [5.41, 5.74) is 4.89. The lowest BCUT2D eigenvalue weighted by Crippen LogP contribution is -1.97. The quantitative estimate of drug-likeness (QED) is 0.581. The van der Waals surface area contributed by atoms with Crippen LogP contribution in [0.1, 0.15) is 23.7 Å². The van der Waals surface area contributed by atoms with E-state index in [0.29, 0.717) is 12.0 Å². The van der Waals surface area contributed by atoms with E-state index in [-0.39, 0.29) is 0 Å². The molecule has 126 valence electrons. The Kier molecular flexibility index (Phi) is 3.76. The fraction of sp³-hybridized carbons (Fsp3) is 0.222. The van der Waals surface area contributed by atoms with E-state index in [1.54, 1.807) is 12.4 Å². The molecule has 0 aliphatic heterocycles. The van der Waals surface area contributed by atoms with Gasteiger partial charge in [0.15, 0.2) is 0 Å². The third kappa shape index (κ3) is 2.77. The van der Waals surface area contributed by atoms with Crippen molar-refractivity contribution < 1.29 is 4.39 Å². The van der Waals surface area contributed by atoms with Crippen molar-refractivity contribution in [3.05, 3.63) is 59.9 Å². The minimum atomic E-state index is -0.463. The number of hydrogen-bond acceptors (Lipinski definition) is 4. The lowest BCUT2D eigenvalue weighted by molar-refractivity contribution is 0.570. The number of halogens is 1. The molecular formula is C18H17FN6. The number of hydrogen-bond donors (Lipinski definition) is 1. The number of H-pyrrole nitrogens is 1. The molecule has 0 amide bonds. The van der Waals surface area contributed by atoms with Crippen LogP contribution in [0.15, 0.2) is 37.2 Å². The Morgan fingerprint density at radius 1 is 1.12 bits per heavy atom. The monoisotopic (exact) mass is 336 g/mol. The summed E-state index contributed by atoms with van der Waals surface area (Å²) in [4.78, 5) is 15.5. The van der Waals surface area contributed by atoms with Crippen LogP contribution in [0.3, 0.4) is 0 Å². The summed E-state index contributed by atoms with van der Waals surface area (Å²) in [5.74, 6) is -0.463. The first-order valence-electron chi connectivity index (χ1n) is 8.10. The number of pyridine rings is 1. The second-order valence-corrected chi connectivity index (χ2v) is 5.93. The third-order valence-electron chi connectivity index (χ3n) is 4.32. The van der Waals surface area contributed by atoms with E-state index < -0.39 is 5.95 Å². The zero-order valence-corrected chi connectivity index (χ0v) is 14.0. The third-order valence-corrected chi connectivity index (χ3v) is 4.32. The smallest absolute Gasteiger partial charge is 0.216 e. The molecule has 0 unspecified atom stereocenters. The predicted molar refractivity (Wildman–Crippen MR) is 92.5 cm³/mol. The van der Waals surface area contributed by atoms with Gasteiger partial charge in [-0.2, -0.15) is 9.49 Å². The number of nitrogens with zero attached hydrogens (tertiary/aromatic N) is 5. The molecule has 1 N–H and O–H groups in total. The molecule has 0 radical (unpaired) electrons. The number of aromatic amines is 1. The maximum atomic E-state index is 14.3. The van der Waals surface area contributed by atoms with Crippen LogP contribution in [0.25, 0.3) is 22.2 Å². The maximum absolute atomic E-state index is 14.3. The topological polar surface area (TPSA) is 72.3 Å². The Morgan fingerprint density at radius 3 is 2.80 bits per heavy atom. The molecule has 0 aliphatic carbocycles. The van der Waals surface area contributed by atoms with E-state index >= 15 is 0 Å². The van der Waals surface area contributed by atoms with E-state index in [0.717, 1.165) is 40.0 Å². The van der Waals surface area contributed by atoms with Gasteiger partial charge in [0.2, 0.25) is 5.95 Å². The molecule has 4 aromatic rings. The second kappa shape index (κ2) is 6.08. The summed E-state index contributed by atoms with van der Waals surface area (Å²) in [7, 11) is 0. The van der Waals surface area contributed by atoms with Gasteiger partial charge in [0, 0.05) is 53.6 Å². The van der Waals surface area contributed by atoms with Crippen molar-refractivity contribution in [3.8, 4) is 11.1 Å². The first-order chi connectivity index (χ1) is 12.2. The number of aromatic nitrogens is 6. The van der Waals surface area contributed by atoms with Crippen LogP contribution in [0, 0.1) is 12.9 Å². The summed E-state index contributed by atoms with van der Waals surface area (Å²) in [6, 6.07) is 1.83. The molecule has 25 heavy (non-hydrogen) atoms. The lowest BCUT2D eigenvalue weighted by Gasteiger charge is -2.05. The van der Waals surface area contributed by atoms with Gasteiger partial charge in [0.1, 0.15) is 12.0 Å². The van der Waals surface area contributed by atoms with E-state index in [1.807, 2.05) is 37.0 Å². The fourth-order valence-corrected chi connectivity index (χ4v) is 3.00. The van der Waals surface area contributed by atoms with Gasteiger partial charge >= 0.3 is 0 Å². The largest absolute Gasteiger partial charge is 0.346 e. The van der Waals surface area contributed by atoms with Crippen molar-refractivity contribution in [2.45, 2.75) is 26.8 Å². The van der Waals surface area contributed by atoms with Crippen molar-refractivity contribution in [2.24, 2.45) is 0 Å². The molecule has 6 nitrogen and oxygen atoms in total. The van der Waals surface area contributed by atoms with Crippen molar-refractivity contribution in [3.63, 3.8) is 0 Å². The first kappa shape index (κ1) is 15.4. The highest BCUT2D eigenvalue weighted by molar-refractivity contribution is 5.82. The molecule has 0 saturated heterocycles. The van der Waals surface area contributed by atoms with Crippen LogP contribution in [0.4, 0.5) is 4.39 Å². The van der Waals surface area contributed by atoms with Gasteiger partial charge in [-0.05, 0) is 25.5 Å². The molecule has 4 heterocycles. The maximum Gasteiger partial charge on any atom is 0.216 e. The van der Waals surface area contributed by atoms with E-state index in [2.05, 4.69) is 25.0 Å². The van der Waals surface area contributed by atoms with Gasteiger partial charge in [0.05, 0.1) is 11.9 Å². The van der Waals surface area contributed by atoms with E-state index in [4.69, 9.17) is 0 Å². The molecule has 0 spiro atoms. The molecular weight excluding hydrogens is 319 g/mol. The zero-order valence-electron chi connectivity index (χ0n) is 14.0. The second-order valence-electron chi connectivity index (χ2n) is 5.93. The number of aryl methyl sites for hydroxylation is 2. The molecule has 4 rings (SSSR count). The lowest BCUT2D eigenvalue weighted by atomic mass is 10.0. The van der Waals surface area contributed by atoms with Crippen LogP contribution in [-0.2, 0) is 13.0 Å². The zero-order chi connectivity index (χ0) is 17.4. The minimum Gasteiger partial charge on any atom is -0.346 e. The summed E-state index contributed by atoms with van der Waals surface area (Å²) >= 11 is 0. The predicted octanol–water partition coefficient (Wildman–Crippen LogP) is 3.27. The van der Waals surface area contributed by atoms with Gasteiger partial charge in [-0.3, -0.25) is 4.68 Å². The number of fused-ring (bicyclic) bond motifs is 1. The fourth-order valence-electron chi connectivity index (χ4n) is 3.00. The first-order valence-corrected chi connectivity index (χ1v) is 8.10. The molecule has 0 bridgehead atoms. The van der Waals surface area contributed by atoms with Gasteiger partial charge in [-0.25, -0.2) is 15.0 Å². The molecule has 4 aromatic heterocycles. The van der Waals surface area contributed by atoms with Crippen molar-refractivity contribution in [2.75, 3.05) is 0 Å². The standard InChI is InChI=1S/C18H17FN6/c1-3-25-9-15(8-24-25)13-4-12(17(19)20-6-13)5-14-7-21-18-16(14)11(2)22-10-23-18/h4,6-10H,3,5H2,1-2H3,(H,21,22,23). The highest BCUT2D eigenvalue weighted by Gasteiger charge is 2.13. The molecule has 7 heteroatoms. The summed E-state index contributed by atoms with van der Waals surface area (Å²) < 4.78 is 16.1. The van der Waals surface area contributed by atoms with Crippen LogP contribution in [-0.4, -0.2) is 29.7 Å². The van der Waals surface area contributed by atoms with E-state index in [9.17, 15) is 4.39 Å². The summed E-state index contributed by atoms with van der Waals surface area (Å²) in [6.07, 6.45) is 9.04. The summed E-state index contributed by atoms with van der Waals surface area (Å²) in [6.45, 7) is 4.73. The van der Waals surface area contributed by atoms with Crippen LogP contribution >= 0.6 is 0 Å².